The number of carbonyl (C=O) groups is 1. The van der Waals surface area contributed by atoms with Crippen LogP contribution in [0.5, 0.6) is 0 Å². The second-order valence-corrected chi connectivity index (χ2v) is 4.10. The van der Waals surface area contributed by atoms with Crippen molar-refractivity contribution in [3.8, 4) is 0 Å². The summed E-state index contributed by atoms with van der Waals surface area (Å²) in [5.74, 6) is 0. The number of hydrogen-bond acceptors (Lipinski definition) is 4. The zero-order valence-electron chi connectivity index (χ0n) is 10.6. The predicted molar refractivity (Wildman–Crippen MR) is 74.8 cm³/mol. The second kappa shape index (κ2) is 6.33. The van der Waals surface area contributed by atoms with Gasteiger partial charge in [0.15, 0.2) is 0 Å². The highest BCUT2D eigenvalue weighted by Gasteiger charge is 2.14. The van der Waals surface area contributed by atoms with Crippen molar-refractivity contribution in [2.24, 2.45) is 0 Å². The predicted octanol–water partition coefficient (Wildman–Crippen LogP) is 2.58. The third kappa shape index (κ3) is 3.32. The molecule has 0 aliphatic heterocycles. The van der Waals surface area contributed by atoms with Crippen molar-refractivity contribution >= 4 is 17.8 Å². The Morgan fingerprint density at radius 3 is 2.40 bits per heavy atom. The number of nitrogens with zero attached hydrogens (tertiary/aromatic N) is 2. The maximum atomic E-state index is 11.1. The van der Waals surface area contributed by atoms with Gasteiger partial charge in [-0.3, -0.25) is 25.3 Å². The van der Waals surface area contributed by atoms with E-state index >= 15 is 0 Å². The van der Waals surface area contributed by atoms with Crippen LogP contribution < -0.4 is 5.43 Å². The van der Waals surface area contributed by atoms with Gasteiger partial charge in [-0.1, -0.05) is 36.4 Å². The summed E-state index contributed by atoms with van der Waals surface area (Å²) < 4.78 is 0. The van der Waals surface area contributed by atoms with Crippen LogP contribution in [0.1, 0.15) is 5.56 Å². The Morgan fingerprint density at radius 1 is 1.10 bits per heavy atom. The maximum absolute atomic E-state index is 11.1. The second-order valence-electron chi connectivity index (χ2n) is 4.10. The minimum atomic E-state index is -0.458. The molecular weight excluding hydrogens is 258 g/mol. The number of anilines is 1. The summed E-state index contributed by atoms with van der Waals surface area (Å²) in [5.41, 5.74) is 4.08. The number of amides is 1. The smallest absolute Gasteiger partial charge is 0.274 e. The van der Waals surface area contributed by atoms with Crippen LogP contribution in [-0.4, -0.2) is 16.3 Å². The highest BCUT2D eigenvalue weighted by Crippen LogP contribution is 2.19. The first-order valence-corrected chi connectivity index (χ1v) is 5.96. The lowest BCUT2D eigenvalue weighted by atomic mass is 10.2. The van der Waals surface area contributed by atoms with E-state index in [1.165, 1.54) is 11.1 Å². The van der Waals surface area contributed by atoms with Crippen LogP contribution in [0.25, 0.3) is 0 Å². The van der Waals surface area contributed by atoms with Crippen molar-refractivity contribution in [2.75, 3.05) is 5.43 Å². The number of carbonyl (C=O) groups excluding carboxylic acids is 1. The van der Waals surface area contributed by atoms with Gasteiger partial charge in [0.05, 0.1) is 22.7 Å². The van der Waals surface area contributed by atoms with E-state index in [0.717, 1.165) is 5.69 Å². The van der Waals surface area contributed by atoms with Gasteiger partial charge in [0.25, 0.3) is 5.69 Å². The molecule has 0 spiro atoms. The summed E-state index contributed by atoms with van der Waals surface area (Å²) in [6.45, 7) is 0.107. The Balaban J connectivity index is 2.15. The van der Waals surface area contributed by atoms with Gasteiger partial charge in [0.1, 0.15) is 0 Å². The lowest BCUT2D eigenvalue weighted by Gasteiger charge is -2.19. The van der Waals surface area contributed by atoms with Crippen LogP contribution in [-0.2, 0) is 11.3 Å². The van der Waals surface area contributed by atoms with E-state index in [1.54, 1.807) is 30.3 Å². The molecular formula is C14H13N3O3. The Kier molecular flexibility index (Phi) is 4.28. The van der Waals surface area contributed by atoms with Gasteiger partial charge in [-0.25, -0.2) is 0 Å². The van der Waals surface area contributed by atoms with E-state index in [4.69, 9.17) is 0 Å². The molecule has 2 rings (SSSR count). The fraction of sp³-hybridized carbons (Fsp3) is 0.0714. The first kappa shape index (κ1) is 13.5. The number of hydrazine groups is 1. The fourth-order valence-electron chi connectivity index (χ4n) is 1.79. The molecule has 1 N–H and O–H groups in total. The number of nitro groups is 1. The molecule has 0 aliphatic carbocycles. The molecule has 0 unspecified atom stereocenters. The van der Waals surface area contributed by atoms with Crippen LogP contribution in [0, 0.1) is 10.1 Å². The zero-order valence-corrected chi connectivity index (χ0v) is 10.6. The van der Waals surface area contributed by atoms with E-state index < -0.39 is 4.92 Å². The average Bonchev–Trinajstić information content (AvgIpc) is 2.48. The molecule has 0 aliphatic rings. The van der Waals surface area contributed by atoms with Gasteiger partial charge in [-0.2, -0.15) is 0 Å². The normalized spacial score (nSPS) is 9.80. The summed E-state index contributed by atoms with van der Waals surface area (Å²) in [6, 6.07) is 15.5. The highest BCUT2D eigenvalue weighted by molar-refractivity contribution is 5.54. The molecule has 20 heavy (non-hydrogen) atoms. The Bertz CT molecular complexity index is 602. The number of rotatable bonds is 6. The first-order chi connectivity index (χ1) is 9.70. The molecule has 102 valence electrons. The van der Waals surface area contributed by atoms with Gasteiger partial charge in [-0.15, -0.1) is 0 Å². The molecule has 6 nitrogen and oxygen atoms in total. The fourth-order valence-corrected chi connectivity index (χ4v) is 1.79. The molecule has 2 aromatic rings. The average molecular weight is 271 g/mol. The van der Waals surface area contributed by atoms with Crippen molar-refractivity contribution in [1.29, 1.82) is 0 Å². The van der Waals surface area contributed by atoms with Crippen molar-refractivity contribution in [3.63, 3.8) is 0 Å². The van der Waals surface area contributed by atoms with E-state index in [-0.39, 0.29) is 12.2 Å². The van der Waals surface area contributed by atoms with Crippen molar-refractivity contribution < 1.29 is 9.72 Å². The van der Waals surface area contributed by atoms with Crippen LogP contribution in [0.15, 0.2) is 54.6 Å². The maximum Gasteiger partial charge on any atom is 0.274 e. The lowest BCUT2D eigenvalue weighted by molar-refractivity contribution is -0.385. The lowest BCUT2D eigenvalue weighted by Crippen LogP contribution is -2.28. The summed E-state index contributed by atoms with van der Waals surface area (Å²) in [4.78, 5) is 21.6. The van der Waals surface area contributed by atoms with Crippen molar-refractivity contribution in [3.05, 3.63) is 70.3 Å². The monoisotopic (exact) mass is 271 g/mol. The number of benzene rings is 2. The molecule has 0 heterocycles. The molecule has 0 radical (unpaired) electrons. The van der Waals surface area contributed by atoms with Crippen LogP contribution >= 0.6 is 0 Å². The molecule has 1 amide bonds. The molecule has 0 bridgehead atoms. The largest absolute Gasteiger partial charge is 0.296 e. The topological polar surface area (TPSA) is 75.5 Å². The highest BCUT2D eigenvalue weighted by atomic mass is 16.6. The van der Waals surface area contributed by atoms with Gasteiger partial charge < -0.3 is 0 Å². The van der Waals surface area contributed by atoms with Crippen molar-refractivity contribution in [2.45, 2.75) is 6.54 Å². The number of nitro benzene ring substituents is 1. The third-order valence-corrected chi connectivity index (χ3v) is 2.70. The molecule has 0 saturated carbocycles. The number of hydrogen-bond donors (Lipinski definition) is 1. The molecule has 0 atom stereocenters. The van der Waals surface area contributed by atoms with Crippen LogP contribution in [0.3, 0.4) is 0 Å². The summed E-state index contributed by atoms with van der Waals surface area (Å²) in [6.07, 6.45) is 0.601. The van der Waals surface area contributed by atoms with Crippen molar-refractivity contribution in [1.82, 2.24) is 5.01 Å². The minimum Gasteiger partial charge on any atom is -0.296 e. The van der Waals surface area contributed by atoms with E-state index in [9.17, 15) is 14.9 Å². The van der Waals surface area contributed by atoms with Gasteiger partial charge in [0.2, 0.25) is 6.41 Å². The third-order valence-electron chi connectivity index (χ3n) is 2.70. The SMILES string of the molecule is O=CN(Cc1ccccc1[N+](=O)[O-])Nc1ccccc1. The number of nitrogens with one attached hydrogen (secondary N) is 1. The summed E-state index contributed by atoms with van der Waals surface area (Å²) in [7, 11) is 0. The van der Waals surface area contributed by atoms with Gasteiger partial charge >= 0.3 is 0 Å². The molecule has 2 aromatic carbocycles. The van der Waals surface area contributed by atoms with Gasteiger partial charge in [0, 0.05) is 6.07 Å². The van der Waals surface area contributed by atoms with Crippen LogP contribution in [0.4, 0.5) is 11.4 Å². The molecule has 0 aromatic heterocycles. The first-order valence-electron chi connectivity index (χ1n) is 5.96. The Morgan fingerprint density at radius 2 is 1.75 bits per heavy atom. The van der Waals surface area contributed by atoms with E-state index in [1.807, 2.05) is 18.2 Å². The molecule has 6 heteroatoms. The number of para-hydroxylation sites is 2. The summed E-state index contributed by atoms with van der Waals surface area (Å²) >= 11 is 0. The van der Waals surface area contributed by atoms with E-state index in [2.05, 4.69) is 5.43 Å². The molecule has 0 fully saturated rings. The van der Waals surface area contributed by atoms with E-state index in [0.29, 0.717) is 12.0 Å². The molecule has 0 saturated heterocycles. The Labute approximate surface area is 115 Å². The quantitative estimate of drug-likeness (QED) is 0.497. The minimum absolute atomic E-state index is 0.00536. The van der Waals surface area contributed by atoms with Crippen LogP contribution in [0.2, 0.25) is 0 Å². The zero-order chi connectivity index (χ0) is 14.4. The standard InChI is InChI=1S/C14H13N3O3/c18-11-16(15-13-7-2-1-3-8-13)10-12-6-4-5-9-14(12)17(19)20/h1-9,11,15H,10H2. The van der Waals surface area contributed by atoms with Gasteiger partial charge in [-0.05, 0) is 12.1 Å². The Hall–Kier alpha value is -2.89. The summed E-state index contributed by atoms with van der Waals surface area (Å²) in [5, 5.41) is 12.2.